The summed E-state index contributed by atoms with van der Waals surface area (Å²) in [6, 6.07) is 8.89. The van der Waals surface area contributed by atoms with Crippen LogP contribution in [0.5, 0.6) is 5.75 Å². The number of rotatable bonds is 5. The van der Waals surface area contributed by atoms with Gasteiger partial charge in [-0.2, -0.15) is 13.8 Å². The topological polar surface area (TPSA) is 85.6 Å². The van der Waals surface area contributed by atoms with Gasteiger partial charge in [0.05, 0.1) is 10.6 Å². The molecule has 3 rings (SSSR count). The second kappa shape index (κ2) is 6.04. The number of nitrogens with zero attached hydrogens (tertiary/aromatic N) is 3. The fourth-order valence-corrected chi connectivity index (χ4v) is 2.67. The molecule has 0 fully saturated rings. The van der Waals surface area contributed by atoms with Gasteiger partial charge in [-0.25, -0.2) is 12.9 Å². The molecule has 0 aliphatic rings. The first-order valence-corrected chi connectivity index (χ1v) is 8.59. The molecule has 0 radical (unpaired) electrons. The van der Waals surface area contributed by atoms with Crippen molar-refractivity contribution in [3.8, 4) is 5.75 Å². The lowest BCUT2D eigenvalue weighted by molar-refractivity contribution is -0.0494. The number of aromatic nitrogens is 3. The zero-order valence-corrected chi connectivity index (χ0v) is 13.2. The molecular weight excluding hydrogens is 342 g/mol. The van der Waals surface area contributed by atoms with E-state index in [2.05, 4.69) is 20.1 Å². The van der Waals surface area contributed by atoms with E-state index in [1.54, 1.807) is 24.4 Å². The van der Waals surface area contributed by atoms with Gasteiger partial charge in [-0.1, -0.05) is 6.07 Å². The molecule has 0 amide bonds. The number of hydrogen-bond donors (Lipinski definition) is 1. The van der Waals surface area contributed by atoms with Gasteiger partial charge in [0.2, 0.25) is 5.95 Å². The van der Waals surface area contributed by atoms with E-state index in [1.165, 1.54) is 16.6 Å². The molecule has 10 heteroatoms. The molecule has 1 aromatic carbocycles. The molecular formula is C14H12F2N4O3S. The Morgan fingerprint density at radius 3 is 2.71 bits per heavy atom. The Balaban J connectivity index is 1.99. The highest BCUT2D eigenvalue weighted by atomic mass is 32.2. The number of halogens is 2. The van der Waals surface area contributed by atoms with Crippen LogP contribution in [0.1, 0.15) is 0 Å². The highest BCUT2D eigenvalue weighted by Gasteiger charge is 2.16. The molecule has 0 saturated heterocycles. The molecule has 2 aromatic heterocycles. The third-order valence-electron chi connectivity index (χ3n) is 3.09. The van der Waals surface area contributed by atoms with E-state index in [-0.39, 0.29) is 22.3 Å². The molecule has 0 unspecified atom stereocenters. The molecule has 3 aromatic rings. The third kappa shape index (κ3) is 3.43. The lowest BCUT2D eigenvalue weighted by Crippen LogP contribution is -2.07. The fraction of sp³-hybridized carbons (Fsp3) is 0.143. The van der Waals surface area contributed by atoms with E-state index in [9.17, 15) is 17.2 Å². The Kier molecular flexibility index (Phi) is 4.06. The minimum atomic E-state index is -3.56. The zero-order valence-electron chi connectivity index (χ0n) is 12.3. The quantitative estimate of drug-likeness (QED) is 0.758. The number of anilines is 2. The van der Waals surface area contributed by atoms with Crippen molar-refractivity contribution < 1.29 is 21.9 Å². The summed E-state index contributed by atoms with van der Waals surface area (Å²) in [7, 11) is -3.56. The minimum Gasteiger partial charge on any atom is -0.433 e. The molecule has 24 heavy (non-hydrogen) atoms. The van der Waals surface area contributed by atoms with Gasteiger partial charge in [0.15, 0.2) is 21.2 Å². The van der Waals surface area contributed by atoms with Gasteiger partial charge in [0, 0.05) is 18.5 Å². The highest BCUT2D eigenvalue weighted by molar-refractivity contribution is 7.90. The number of pyridine rings is 1. The predicted octanol–water partition coefficient (Wildman–Crippen LogP) is 2.48. The lowest BCUT2D eigenvalue weighted by atomic mass is 10.3. The average Bonchev–Trinajstić information content (AvgIpc) is 2.89. The smallest absolute Gasteiger partial charge is 0.387 e. The Morgan fingerprint density at radius 2 is 2.04 bits per heavy atom. The summed E-state index contributed by atoms with van der Waals surface area (Å²) < 4.78 is 54.2. The maximum Gasteiger partial charge on any atom is 0.387 e. The Morgan fingerprint density at radius 1 is 1.25 bits per heavy atom. The number of fused-ring (bicyclic) bond motifs is 1. The molecule has 0 spiro atoms. The van der Waals surface area contributed by atoms with E-state index < -0.39 is 16.4 Å². The van der Waals surface area contributed by atoms with Crippen LogP contribution < -0.4 is 10.1 Å². The predicted molar refractivity (Wildman–Crippen MR) is 82.5 cm³/mol. The molecule has 0 aliphatic heterocycles. The number of sulfone groups is 1. The minimum absolute atomic E-state index is 0.124. The summed E-state index contributed by atoms with van der Waals surface area (Å²) in [6.45, 7) is -3.10. The zero-order chi connectivity index (χ0) is 17.3. The molecule has 0 saturated carbocycles. The van der Waals surface area contributed by atoms with Crippen LogP contribution in [0.3, 0.4) is 0 Å². The maximum absolute atomic E-state index is 12.6. The summed E-state index contributed by atoms with van der Waals surface area (Å²) in [4.78, 5) is 4.05. The lowest BCUT2D eigenvalue weighted by Gasteiger charge is -2.12. The van der Waals surface area contributed by atoms with Crippen LogP contribution in [0, 0.1) is 0 Å². The number of nitrogens with one attached hydrogen (secondary N) is 1. The first kappa shape index (κ1) is 16.1. The standard InChI is InChI=1S/C14H12F2N4O3S/c1-24(21,22)9-5-6-10(11(8-9)23-13(15)16)17-14-18-12-4-2-3-7-20(12)19-14/h2-8,13H,1H3,(H,17,19). The van der Waals surface area contributed by atoms with Crippen LogP contribution in [-0.2, 0) is 9.84 Å². The normalized spacial score (nSPS) is 11.8. The maximum atomic E-state index is 12.6. The van der Waals surface area contributed by atoms with Crippen LogP contribution in [0.2, 0.25) is 0 Å². The van der Waals surface area contributed by atoms with Gasteiger partial charge in [-0.3, -0.25) is 0 Å². The van der Waals surface area contributed by atoms with Crippen molar-refractivity contribution in [1.82, 2.24) is 14.6 Å². The molecule has 7 nitrogen and oxygen atoms in total. The molecule has 2 heterocycles. The van der Waals surface area contributed by atoms with Crippen molar-refractivity contribution in [3.05, 3.63) is 42.6 Å². The van der Waals surface area contributed by atoms with Crippen molar-refractivity contribution in [2.45, 2.75) is 11.5 Å². The Labute approximate surface area is 135 Å². The van der Waals surface area contributed by atoms with Gasteiger partial charge in [0.25, 0.3) is 0 Å². The number of alkyl halides is 2. The third-order valence-corrected chi connectivity index (χ3v) is 4.20. The monoisotopic (exact) mass is 354 g/mol. The van der Waals surface area contributed by atoms with E-state index in [1.807, 2.05) is 0 Å². The molecule has 0 atom stereocenters. The van der Waals surface area contributed by atoms with Gasteiger partial charge < -0.3 is 10.1 Å². The van der Waals surface area contributed by atoms with E-state index in [0.717, 1.165) is 12.3 Å². The first-order valence-electron chi connectivity index (χ1n) is 6.70. The Bertz CT molecular complexity index is 956. The van der Waals surface area contributed by atoms with Gasteiger partial charge in [0.1, 0.15) is 0 Å². The van der Waals surface area contributed by atoms with E-state index in [0.29, 0.717) is 5.65 Å². The van der Waals surface area contributed by atoms with Crippen molar-refractivity contribution in [2.24, 2.45) is 0 Å². The van der Waals surface area contributed by atoms with Crippen molar-refractivity contribution in [2.75, 3.05) is 11.6 Å². The summed E-state index contributed by atoms with van der Waals surface area (Å²) in [5.41, 5.74) is 0.683. The SMILES string of the molecule is CS(=O)(=O)c1ccc(Nc2nc3ccccn3n2)c(OC(F)F)c1. The van der Waals surface area contributed by atoms with Gasteiger partial charge in [-0.05, 0) is 24.3 Å². The van der Waals surface area contributed by atoms with Crippen LogP contribution in [0.15, 0.2) is 47.5 Å². The van der Waals surface area contributed by atoms with Gasteiger partial charge in [-0.15, -0.1) is 5.10 Å². The number of ether oxygens (including phenoxy) is 1. The number of benzene rings is 1. The summed E-state index contributed by atoms with van der Waals surface area (Å²) in [6.07, 6.45) is 2.65. The van der Waals surface area contributed by atoms with Crippen LogP contribution in [0.25, 0.3) is 5.65 Å². The molecule has 0 aliphatic carbocycles. The Hall–Kier alpha value is -2.75. The largest absolute Gasteiger partial charge is 0.433 e. The fourth-order valence-electron chi connectivity index (χ4n) is 2.03. The van der Waals surface area contributed by atoms with E-state index in [4.69, 9.17) is 0 Å². The van der Waals surface area contributed by atoms with Crippen LogP contribution in [-0.4, -0.2) is 35.9 Å². The highest BCUT2D eigenvalue weighted by Crippen LogP contribution is 2.31. The van der Waals surface area contributed by atoms with Crippen LogP contribution >= 0.6 is 0 Å². The van der Waals surface area contributed by atoms with Crippen molar-refractivity contribution in [3.63, 3.8) is 0 Å². The number of hydrogen-bond acceptors (Lipinski definition) is 6. The van der Waals surface area contributed by atoms with Crippen molar-refractivity contribution >= 4 is 27.1 Å². The molecule has 0 bridgehead atoms. The van der Waals surface area contributed by atoms with Gasteiger partial charge >= 0.3 is 6.61 Å². The molecule has 126 valence electrons. The summed E-state index contributed by atoms with van der Waals surface area (Å²) in [5.74, 6) is -0.154. The average molecular weight is 354 g/mol. The molecule has 1 N–H and O–H groups in total. The van der Waals surface area contributed by atoms with Crippen LogP contribution in [0.4, 0.5) is 20.4 Å². The second-order valence-corrected chi connectivity index (χ2v) is 6.89. The van der Waals surface area contributed by atoms with Crippen molar-refractivity contribution in [1.29, 1.82) is 0 Å². The van der Waals surface area contributed by atoms with E-state index >= 15 is 0 Å². The summed E-state index contributed by atoms with van der Waals surface area (Å²) >= 11 is 0. The summed E-state index contributed by atoms with van der Waals surface area (Å²) in [5, 5.41) is 6.88. The first-order chi connectivity index (χ1) is 11.3. The second-order valence-electron chi connectivity index (χ2n) is 4.87.